The van der Waals surface area contributed by atoms with Gasteiger partial charge in [0.15, 0.2) is 5.58 Å². The van der Waals surface area contributed by atoms with Crippen LogP contribution in [0.5, 0.6) is 0 Å². The van der Waals surface area contributed by atoms with Crippen LogP contribution in [0, 0.1) is 0 Å². The summed E-state index contributed by atoms with van der Waals surface area (Å²) in [5.74, 6) is 0.647. The highest BCUT2D eigenvalue weighted by Gasteiger charge is 2.29. The second kappa shape index (κ2) is 10.4. The molecule has 3 aliphatic rings. The first-order valence-electron chi connectivity index (χ1n) is 13.4. The highest BCUT2D eigenvalue weighted by Crippen LogP contribution is 2.39. The van der Waals surface area contributed by atoms with Crippen molar-refractivity contribution in [1.29, 1.82) is 0 Å². The number of hydrogen-bond acceptors (Lipinski definition) is 13. The van der Waals surface area contributed by atoms with Crippen LogP contribution in [0.25, 0.3) is 20.9 Å². The van der Waals surface area contributed by atoms with Gasteiger partial charge in [-0.25, -0.2) is 9.97 Å². The molecule has 14 heteroatoms. The summed E-state index contributed by atoms with van der Waals surface area (Å²) >= 11 is 2.91. The average molecular weight is 581 g/mol. The molecule has 0 radical (unpaired) electrons. The molecule has 0 aromatic carbocycles. The van der Waals surface area contributed by atoms with Gasteiger partial charge in [0.1, 0.15) is 27.7 Å². The van der Waals surface area contributed by atoms with Gasteiger partial charge in [-0.05, 0) is 12.8 Å². The number of fused-ring (bicyclic) bond motifs is 2. The molecule has 1 saturated heterocycles. The molecule has 4 aromatic rings. The van der Waals surface area contributed by atoms with E-state index in [2.05, 4.69) is 35.8 Å². The molecule has 2 fully saturated rings. The Bertz CT molecular complexity index is 1640. The number of carbonyl (C=O) groups excluding carboxylic acids is 1. The van der Waals surface area contributed by atoms with Crippen molar-refractivity contribution in [2.75, 3.05) is 41.8 Å². The normalized spacial score (nSPS) is 20.9. The Kier molecular flexibility index (Phi) is 6.62. The summed E-state index contributed by atoms with van der Waals surface area (Å²) in [6.45, 7) is 3.08. The number of ether oxygens (including phenoxy) is 1. The van der Waals surface area contributed by atoms with Crippen LogP contribution in [0.2, 0.25) is 0 Å². The first-order valence-corrected chi connectivity index (χ1v) is 15.0. The molecule has 7 rings (SSSR count). The van der Waals surface area contributed by atoms with Gasteiger partial charge in [-0.2, -0.15) is 4.98 Å². The van der Waals surface area contributed by atoms with Crippen molar-refractivity contribution in [3.63, 3.8) is 0 Å². The summed E-state index contributed by atoms with van der Waals surface area (Å²) in [7, 11) is 0. The Balaban J connectivity index is 1.19. The average Bonchev–Trinajstić information content (AvgIpc) is 3.69. The molecule has 1 aliphatic carbocycles. The van der Waals surface area contributed by atoms with Gasteiger partial charge in [0.2, 0.25) is 11.4 Å². The number of nitrogens with one attached hydrogen (secondary N) is 3. The SMILES string of the molecule is N[C@@H]1CCCC[C@@H]1Nc1nc2c(c(Nc3cnc(-c4coc5c(=O)cc(N6CCOCC6)sc45)s3)n1)C(=O)NC2. The third-order valence-electron chi connectivity index (χ3n) is 7.49. The molecule has 0 spiro atoms. The van der Waals surface area contributed by atoms with Gasteiger partial charge in [-0.3, -0.25) is 9.59 Å². The maximum absolute atomic E-state index is 12.8. The molecule has 5 N–H and O–H groups in total. The summed E-state index contributed by atoms with van der Waals surface area (Å²) in [5, 5.41) is 11.8. The number of anilines is 4. The van der Waals surface area contributed by atoms with Crippen molar-refractivity contribution in [1.82, 2.24) is 20.3 Å². The third kappa shape index (κ3) is 4.70. The Hall–Kier alpha value is -3.59. The fraction of sp³-hybridized carbons (Fsp3) is 0.423. The number of amides is 1. The lowest BCUT2D eigenvalue weighted by molar-refractivity contribution is 0.0966. The van der Waals surface area contributed by atoms with Crippen molar-refractivity contribution in [2.24, 2.45) is 5.73 Å². The van der Waals surface area contributed by atoms with Gasteiger partial charge in [0.25, 0.3) is 5.91 Å². The summed E-state index contributed by atoms with van der Waals surface area (Å²) < 4.78 is 11.9. The molecule has 208 valence electrons. The van der Waals surface area contributed by atoms with Crippen LogP contribution in [-0.2, 0) is 11.3 Å². The highest BCUT2D eigenvalue weighted by atomic mass is 32.1. The van der Waals surface area contributed by atoms with Gasteiger partial charge in [0.05, 0.1) is 46.9 Å². The van der Waals surface area contributed by atoms with Crippen molar-refractivity contribution in [3.8, 4) is 10.6 Å². The standard InChI is InChI=1S/C26H28N8O4S2/c27-14-3-1-2-4-15(14)30-26-31-16-10-28-24(36)20(16)23(33-26)32-18-11-29-25(39-18)13-12-38-21-17(35)9-19(40-22(13)21)34-5-7-37-8-6-34/h9,11-12,14-15H,1-8,10,27H2,(H,28,36)(H2,30,31,32,33)/t14-,15+/m1/s1. The zero-order valence-corrected chi connectivity index (χ0v) is 23.2. The summed E-state index contributed by atoms with van der Waals surface area (Å²) in [5.41, 5.74) is 8.32. The molecular formula is C26H28N8O4S2. The molecule has 2 atom stereocenters. The van der Waals surface area contributed by atoms with Crippen molar-refractivity contribution in [3.05, 3.63) is 40.0 Å². The molecule has 2 aliphatic heterocycles. The monoisotopic (exact) mass is 580 g/mol. The van der Waals surface area contributed by atoms with E-state index in [0.29, 0.717) is 58.4 Å². The lowest BCUT2D eigenvalue weighted by Crippen LogP contribution is -2.43. The fourth-order valence-corrected chi connectivity index (χ4v) is 7.45. The minimum absolute atomic E-state index is 0.0371. The number of rotatable bonds is 6. The fourth-order valence-electron chi connectivity index (χ4n) is 5.38. The van der Waals surface area contributed by atoms with E-state index in [1.807, 2.05) is 0 Å². The summed E-state index contributed by atoms with van der Waals surface area (Å²) in [4.78, 5) is 41.5. The van der Waals surface area contributed by atoms with E-state index in [9.17, 15) is 9.59 Å². The maximum atomic E-state index is 12.8. The van der Waals surface area contributed by atoms with E-state index in [4.69, 9.17) is 14.9 Å². The molecular weight excluding hydrogens is 552 g/mol. The number of thiazole rings is 1. The van der Waals surface area contributed by atoms with Crippen LogP contribution in [0.1, 0.15) is 41.7 Å². The largest absolute Gasteiger partial charge is 0.459 e. The molecule has 12 nitrogen and oxygen atoms in total. The number of hydrogen-bond donors (Lipinski definition) is 4. The Morgan fingerprint density at radius 3 is 2.83 bits per heavy atom. The molecule has 0 bridgehead atoms. The van der Waals surface area contributed by atoms with Crippen LogP contribution in [0.15, 0.2) is 27.7 Å². The predicted molar refractivity (Wildman–Crippen MR) is 155 cm³/mol. The molecule has 1 amide bonds. The van der Waals surface area contributed by atoms with Crippen LogP contribution in [0.3, 0.4) is 0 Å². The van der Waals surface area contributed by atoms with E-state index >= 15 is 0 Å². The van der Waals surface area contributed by atoms with Crippen LogP contribution >= 0.6 is 22.7 Å². The quantitative estimate of drug-likeness (QED) is 0.265. The van der Waals surface area contributed by atoms with Crippen molar-refractivity contribution in [2.45, 2.75) is 44.3 Å². The van der Waals surface area contributed by atoms with Crippen molar-refractivity contribution < 1.29 is 13.9 Å². The summed E-state index contributed by atoms with van der Waals surface area (Å²) in [6, 6.07) is 1.76. The minimum atomic E-state index is -0.218. The van der Waals surface area contributed by atoms with E-state index < -0.39 is 0 Å². The summed E-state index contributed by atoms with van der Waals surface area (Å²) in [6.07, 6.45) is 7.43. The van der Waals surface area contributed by atoms with Gasteiger partial charge in [0, 0.05) is 31.2 Å². The first kappa shape index (κ1) is 25.4. The lowest BCUT2D eigenvalue weighted by Gasteiger charge is -2.29. The van der Waals surface area contributed by atoms with E-state index in [-0.39, 0.29) is 23.4 Å². The van der Waals surface area contributed by atoms with Gasteiger partial charge < -0.3 is 35.7 Å². The van der Waals surface area contributed by atoms with Crippen LogP contribution in [-0.4, -0.2) is 59.2 Å². The Morgan fingerprint density at radius 1 is 1.12 bits per heavy atom. The number of morpholine rings is 1. The van der Waals surface area contributed by atoms with E-state index in [1.54, 1.807) is 18.5 Å². The first-order chi connectivity index (χ1) is 19.5. The zero-order valence-electron chi connectivity index (χ0n) is 21.6. The second-order valence-corrected chi connectivity index (χ2v) is 12.2. The smallest absolute Gasteiger partial charge is 0.257 e. The number of nitrogens with zero attached hydrogens (tertiary/aromatic N) is 4. The topological polar surface area (TPSA) is 161 Å². The number of furan rings is 1. The van der Waals surface area contributed by atoms with Gasteiger partial charge >= 0.3 is 0 Å². The Morgan fingerprint density at radius 2 is 1.98 bits per heavy atom. The molecule has 40 heavy (non-hydrogen) atoms. The van der Waals surface area contributed by atoms with Crippen LogP contribution in [0.4, 0.5) is 21.8 Å². The van der Waals surface area contributed by atoms with Gasteiger partial charge in [-0.1, -0.05) is 24.2 Å². The number of nitrogens with two attached hydrogens (primary N) is 1. The minimum Gasteiger partial charge on any atom is -0.459 e. The molecule has 6 heterocycles. The molecule has 1 saturated carbocycles. The predicted octanol–water partition coefficient (Wildman–Crippen LogP) is 3.27. The maximum Gasteiger partial charge on any atom is 0.257 e. The second-order valence-electron chi connectivity index (χ2n) is 10.1. The third-order valence-corrected chi connectivity index (χ3v) is 9.63. The molecule has 0 unspecified atom stereocenters. The lowest BCUT2D eigenvalue weighted by atomic mass is 9.91. The number of aromatic nitrogens is 3. The van der Waals surface area contributed by atoms with E-state index in [0.717, 1.165) is 54.0 Å². The Labute approximate surface area is 237 Å². The highest BCUT2D eigenvalue weighted by molar-refractivity contribution is 7.23. The van der Waals surface area contributed by atoms with Crippen LogP contribution < -0.4 is 32.0 Å². The molecule has 4 aromatic heterocycles. The van der Waals surface area contributed by atoms with Gasteiger partial charge in [-0.15, -0.1) is 11.3 Å². The zero-order chi connectivity index (χ0) is 27.2. The number of carbonyl (C=O) groups is 1. The van der Waals surface area contributed by atoms with Crippen molar-refractivity contribution >= 4 is 60.6 Å². The van der Waals surface area contributed by atoms with E-state index in [1.165, 1.54) is 22.7 Å².